The van der Waals surface area contributed by atoms with Crippen LogP contribution in [0.25, 0.3) is 0 Å². The zero-order valence-electron chi connectivity index (χ0n) is 6.02. The fraction of sp³-hybridized carbons (Fsp3) is 0.250. The Morgan fingerprint density at radius 3 is 2.60 bits per heavy atom. The predicted octanol–water partition coefficient (Wildman–Crippen LogP) is 3.32. The number of halogens is 1. The summed E-state index contributed by atoms with van der Waals surface area (Å²) >= 11 is 4.16. The van der Waals surface area contributed by atoms with Gasteiger partial charge in [-0.3, -0.25) is 0 Å². The summed E-state index contributed by atoms with van der Waals surface area (Å²) in [6.45, 7) is 2.16. The number of hydrogen-bond donors (Lipinski definition) is 0. The highest BCUT2D eigenvalue weighted by molar-refractivity contribution is 14.1. The second kappa shape index (κ2) is 3.62. The molecule has 1 aromatic carbocycles. The maximum Gasteiger partial charge on any atom is 0.0170 e. The molecule has 2 heteroatoms. The molecule has 1 aromatic rings. The smallest absolute Gasteiger partial charge is 0.0170 e. The maximum absolute atomic E-state index is 2.36. The lowest BCUT2D eigenvalue weighted by molar-refractivity contribution is 1.28. The van der Waals surface area contributed by atoms with Gasteiger partial charge in [0, 0.05) is 8.47 Å². The van der Waals surface area contributed by atoms with Crippen LogP contribution in [-0.4, -0.2) is 6.26 Å². The molecule has 0 heterocycles. The summed E-state index contributed by atoms with van der Waals surface area (Å²) in [4.78, 5) is 1.38. The summed E-state index contributed by atoms with van der Waals surface area (Å²) in [5.74, 6) is 0. The number of hydrogen-bond acceptors (Lipinski definition) is 1. The van der Waals surface area contributed by atoms with Crippen molar-refractivity contribution in [1.82, 2.24) is 0 Å². The molecule has 0 radical (unpaired) electrons. The van der Waals surface area contributed by atoms with Crippen LogP contribution in [0.15, 0.2) is 23.1 Å². The van der Waals surface area contributed by atoms with Gasteiger partial charge in [-0.05, 0) is 53.5 Å². The first-order valence-corrected chi connectivity index (χ1v) is 5.35. The van der Waals surface area contributed by atoms with Crippen LogP contribution in [-0.2, 0) is 0 Å². The molecule has 0 atom stereocenters. The minimum absolute atomic E-state index is 1.35. The average Bonchev–Trinajstić information content (AvgIpc) is 1.95. The average molecular weight is 264 g/mol. The van der Waals surface area contributed by atoms with Crippen molar-refractivity contribution in [2.45, 2.75) is 11.8 Å². The van der Waals surface area contributed by atoms with Crippen molar-refractivity contribution in [3.63, 3.8) is 0 Å². The third-order valence-corrected chi connectivity index (χ3v) is 3.49. The van der Waals surface area contributed by atoms with E-state index in [1.54, 1.807) is 11.8 Å². The Kier molecular flexibility index (Phi) is 3.04. The highest BCUT2D eigenvalue weighted by atomic mass is 127. The van der Waals surface area contributed by atoms with Crippen LogP contribution in [0.3, 0.4) is 0 Å². The molecule has 0 aliphatic heterocycles. The summed E-state index contributed by atoms with van der Waals surface area (Å²) in [5.41, 5.74) is 1.40. The van der Waals surface area contributed by atoms with E-state index in [1.807, 2.05) is 0 Å². The van der Waals surface area contributed by atoms with E-state index in [1.165, 1.54) is 14.0 Å². The third kappa shape index (κ3) is 1.66. The molecule has 10 heavy (non-hydrogen) atoms. The van der Waals surface area contributed by atoms with E-state index in [2.05, 4.69) is 54.0 Å². The van der Waals surface area contributed by atoms with Crippen LogP contribution in [0.2, 0.25) is 0 Å². The van der Waals surface area contributed by atoms with Crippen LogP contribution in [0, 0.1) is 10.5 Å². The summed E-state index contributed by atoms with van der Waals surface area (Å²) < 4.78 is 1.35. The van der Waals surface area contributed by atoms with Crippen LogP contribution < -0.4 is 0 Å². The molecule has 0 saturated carbocycles. The van der Waals surface area contributed by atoms with Crippen molar-refractivity contribution in [3.8, 4) is 0 Å². The SMILES string of the molecule is CSc1cccc(I)c1C. The highest BCUT2D eigenvalue weighted by Gasteiger charge is 1.97. The lowest BCUT2D eigenvalue weighted by Gasteiger charge is -2.02. The molecule has 0 aromatic heterocycles. The molecular weight excluding hydrogens is 255 g/mol. The van der Waals surface area contributed by atoms with Crippen LogP contribution in [0.5, 0.6) is 0 Å². The molecule has 0 aliphatic rings. The van der Waals surface area contributed by atoms with Gasteiger partial charge in [0.2, 0.25) is 0 Å². The third-order valence-electron chi connectivity index (χ3n) is 1.44. The molecule has 0 amide bonds. The summed E-state index contributed by atoms with van der Waals surface area (Å²) in [5, 5.41) is 0. The first-order valence-electron chi connectivity index (χ1n) is 3.05. The second-order valence-corrected chi connectivity index (χ2v) is 4.08. The Labute approximate surface area is 79.5 Å². The van der Waals surface area contributed by atoms with Crippen molar-refractivity contribution < 1.29 is 0 Å². The Morgan fingerprint density at radius 2 is 2.10 bits per heavy atom. The predicted molar refractivity (Wildman–Crippen MR) is 55.7 cm³/mol. The highest BCUT2D eigenvalue weighted by Crippen LogP contribution is 2.23. The van der Waals surface area contributed by atoms with Crippen LogP contribution in [0.4, 0.5) is 0 Å². The number of rotatable bonds is 1. The van der Waals surface area contributed by atoms with E-state index in [-0.39, 0.29) is 0 Å². The van der Waals surface area contributed by atoms with Gasteiger partial charge in [0.1, 0.15) is 0 Å². The zero-order valence-corrected chi connectivity index (χ0v) is 8.99. The van der Waals surface area contributed by atoms with Crippen LogP contribution in [0.1, 0.15) is 5.56 Å². The fourth-order valence-corrected chi connectivity index (χ4v) is 2.12. The summed E-state index contributed by atoms with van der Waals surface area (Å²) in [6.07, 6.45) is 2.11. The molecule has 0 N–H and O–H groups in total. The van der Waals surface area contributed by atoms with Crippen molar-refractivity contribution in [1.29, 1.82) is 0 Å². The Hall–Kier alpha value is 0.300. The van der Waals surface area contributed by atoms with Gasteiger partial charge in [0.05, 0.1) is 0 Å². The molecule has 0 spiro atoms. The minimum atomic E-state index is 1.35. The Bertz CT molecular complexity index is 233. The van der Waals surface area contributed by atoms with E-state index < -0.39 is 0 Å². The maximum atomic E-state index is 2.36. The first-order chi connectivity index (χ1) is 4.75. The molecule has 0 fully saturated rings. The van der Waals surface area contributed by atoms with E-state index in [4.69, 9.17) is 0 Å². The minimum Gasteiger partial charge on any atom is -0.129 e. The lowest BCUT2D eigenvalue weighted by atomic mass is 10.2. The number of thioether (sulfide) groups is 1. The van der Waals surface area contributed by atoms with Crippen molar-refractivity contribution in [3.05, 3.63) is 27.3 Å². The zero-order chi connectivity index (χ0) is 7.56. The molecule has 0 nitrogen and oxygen atoms in total. The number of benzene rings is 1. The van der Waals surface area contributed by atoms with Gasteiger partial charge in [-0.25, -0.2) is 0 Å². The van der Waals surface area contributed by atoms with Crippen molar-refractivity contribution in [2.75, 3.05) is 6.26 Å². The summed E-state index contributed by atoms with van der Waals surface area (Å²) in [6, 6.07) is 6.39. The molecular formula is C8H9IS. The van der Waals surface area contributed by atoms with Gasteiger partial charge in [-0.15, -0.1) is 11.8 Å². The molecule has 54 valence electrons. The quantitative estimate of drug-likeness (QED) is 0.554. The Morgan fingerprint density at radius 1 is 1.40 bits per heavy atom. The van der Waals surface area contributed by atoms with Gasteiger partial charge in [-0.2, -0.15) is 0 Å². The molecule has 0 aliphatic carbocycles. The topological polar surface area (TPSA) is 0 Å². The summed E-state index contributed by atoms with van der Waals surface area (Å²) in [7, 11) is 0. The van der Waals surface area contributed by atoms with E-state index in [0.717, 1.165) is 0 Å². The van der Waals surface area contributed by atoms with Crippen molar-refractivity contribution >= 4 is 34.4 Å². The van der Waals surface area contributed by atoms with Crippen LogP contribution >= 0.6 is 34.4 Å². The van der Waals surface area contributed by atoms with Crippen molar-refractivity contribution in [2.24, 2.45) is 0 Å². The second-order valence-electron chi connectivity index (χ2n) is 2.07. The lowest BCUT2D eigenvalue weighted by Crippen LogP contribution is -1.81. The molecule has 0 unspecified atom stereocenters. The van der Waals surface area contributed by atoms with E-state index in [9.17, 15) is 0 Å². The monoisotopic (exact) mass is 264 g/mol. The molecule has 0 bridgehead atoms. The van der Waals surface area contributed by atoms with Gasteiger partial charge >= 0.3 is 0 Å². The molecule has 0 saturated heterocycles. The largest absolute Gasteiger partial charge is 0.129 e. The normalized spacial score (nSPS) is 9.90. The van der Waals surface area contributed by atoms with E-state index >= 15 is 0 Å². The standard InChI is InChI=1S/C8H9IS/c1-6-7(9)4-3-5-8(6)10-2/h3-5H,1-2H3. The van der Waals surface area contributed by atoms with Gasteiger partial charge in [0.15, 0.2) is 0 Å². The fourth-order valence-electron chi connectivity index (χ4n) is 0.809. The van der Waals surface area contributed by atoms with Gasteiger partial charge in [-0.1, -0.05) is 6.07 Å². The van der Waals surface area contributed by atoms with Gasteiger partial charge < -0.3 is 0 Å². The first kappa shape index (κ1) is 8.40. The van der Waals surface area contributed by atoms with Gasteiger partial charge in [0.25, 0.3) is 0 Å². The Balaban J connectivity index is 3.14. The van der Waals surface area contributed by atoms with E-state index in [0.29, 0.717) is 0 Å². The molecule has 1 rings (SSSR count).